The van der Waals surface area contributed by atoms with E-state index in [1.54, 1.807) is 6.26 Å². The molecule has 1 atom stereocenters. The Morgan fingerprint density at radius 3 is 2.88 bits per heavy atom. The minimum Gasteiger partial charge on any atom is -0.469 e. The van der Waals surface area contributed by atoms with Crippen LogP contribution in [0.15, 0.2) is 22.8 Å². The topological polar surface area (TPSA) is 49.0 Å². The largest absolute Gasteiger partial charge is 0.469 e. The normalized spacial score (nSPS) is 13.3. The van der Waals surface area contributed by atoms with Crippen LogP contribution >= 0.6 is 0 Å². The van der Waals surface area contributed by atoms with Crippen molar-refractivity contribution >= 4 is 0 Å². The third kappa shape index (κ3) is 5.55. The van der Waals surface area contributed by atoms with Gasteiger partial charge in [0.2, 0.25) is 0 Å². The van der Waals surface area contributed by atoms with E-state index in [0.717, 1.165) is 25.1 Å². The number of nitriles is 1. The molecule has 0 aromatic carbocycles. The first kappa shape index (κ1) is 13.8. The molecule has 17 heavy (non-hydrogen) atoms. The Kier molecular flexibility index (Phi) is 5.24. The molecule has 0 bridgehead atoms. The maximum atomic E-state index is 8.60. The first-order valence-corrected chi connectivity index (χ1v) is 6.16. The second kappa shape index (κ2) is 6.46. The molecule has 3 nitrogen and oxygen atoms in total. The van der Waals surface area contributed by atoms with Gasteiger partial charge in [0, 0.05) is 25.4 Å². The maximum absolute atomic E-state index is 8.60. The summed E-state index contributed by atoms with van der Waals surface area (Å²) in [6.07, 6.45) is 4.17. The monoisotopic (exact) mass is 234 g/mol. The lowest BCUT2D eigenvalue weighted by atomic mass is 9.87. The Balaban J connectivity index is 2.27. The fraction of sp³-hybridized carbons (Fsp3) is 0.643. The minimum absolute atomic E-state index is 0.174. The zero-order valence-electron chi connectivity index (χ0n) is 11.0. The minimum atomic E-state index is 0.174. The lowest BCUT2D eigenvalue weighted by Crippen LogP contribution is -2.36. The highest BCUT2D eigenvalue weighted by Gasteiger charge is 2.18. The van der Waals surface area contributed by atoms with Gasteiger partial charge in [0.25, 0.3) is 0 Å². The standard InChI is InChI=1S/C14H22N2O/c1-12(10-13-6-4-9-17-13)16-11-14(2,3)7-5-8-15/h4,6,9,12,16H,5,7,10-11H2,1-3H3. The molecule has 0 fully saturated rings. The van der Waals surface area contributed by atoms with Crippen molar-refractivity contribution in [1.29, 1.82) is 5.26 Å². The van der Waals surface area contributed by atoms with Crippen LogP contribution in [0.5, 0.6) is 0 Å². The van der Waals surface area contributed by atoms with Gasteiger partial charge in [-0.1, -0.05) is 13.8 Å². The molecule has 94 valence electrons. The molecule has 0 saturated carbocycles. The lowest BCUT2D eigenvalue weighted by molar-refractivity contribution is 0.299. The average Bonchev–Trinajstić information content (AvgIpc) is 2.77. The van der Waals surface area contributed by atoms with E-state index in [9.17, 15) is 0 Å². The summed E-state index contributed by atoms with van der Waals surface area (Å²) in [4.78, 5) is 0. The quantitative estimate of drug-likeness (QED) is 0.788. The Bertz CT molecular complexity index is 349. The fourth-order valence-electron chi connectivity index (χ4n) is 1.74. The third-order valence-electron chi connectivity index (χ3n) is 2.93. The van der Waals surface area contributed by atoms with E-state index >= 15 is 0 Å². The van der Waals surface area contributed by atoms with Crippen molar-refractivity contribution in [3.63, 3.8) is 0 Å². The van der Waals surface area contributed by atoms with E-state index in [2.05, 4.69) is 32.2 Å². The molecular weight excluding hydrogens is 212 g/mol. The van der Waals surface area contributed by atoms with Crippen LogP contribution in [0, 0.1) is 16.7 Å². The Morgan fingerprint density at radius 2 is 2.29 bits per heavy atom. The van der Waals surface area contributed by atoms with Crippen LogP contribution in [0.1, 0.15) is 39.4 Å². The van der Waals surface area contributed by atoms with Gasteiger partial charge in [-0.15, -0.1) is 0 Å². The van der Waals surface area contributed by atoms with Gasteiger partial charge in [-0.25, -0.2) is 0 Å². The summed E-state index contributed by atoms with van der Waals surface area (Å²) in [6.45, 7) is 7.47. The summed E-state index contributed by atoms with van der Waals surface area (Å²) >= 11 is 0. The predicted octanol–water partition coefficient (Wildman–Crippen LogP) is 3.13. The highest BCUT2D eigenvalue weighted by atomic mass is 16.3. The molecule has 1 aromatic heterocycles. The molecule has 0 radical (unpaired) electrons. The van der Waals surface area contributed by atoms with E-state index < -0.39 is 0 Å². The van der Waals surface area contributed by atoms with Gasteiger partial charge in [0.05, 0.1) is 12.3 Å². The molecule has 0 aliphatic heterocycles. The van der Waals surface area contributed by atoms with Crippen molar-refractivity contribution in [1.82, 2.24) is 5.32 Å². The number of nitrogens with one attached hydrogen (secondary N) is 1. The van der Waals surface area contributed by atoms with E-state index in [-0.39, 0.29) is 5.41 Å². The van der Waals surface area contributed by atoms with Crippen molar-refractivity contribution in [3.8, 4) is 6.07 Å². The Hall–Kier alpha value is -1.27. The van der Waals surface area contributed by atoms with Crippen LogP contribution in [-0.4, -0.2) is 12.6 Å². The van der Waals surface area contributed by atoms with Crippen molar-refractivity contribution in [2.24, 2.45) is 5.41 Å². The first-order chi connectivity index (χ1) is 8.03. The van der Waals surface area contributed by atoms with Gasteiger partial charge in [0.1, 0.15) is 5.76 Å². The summed E-state index contributed by atoms with van der Waals surface area (Å²) in [5.74, 6) is 1.01. The number of nitrogens with zero attached hydrogens (tertiary/aromatic N) is 1. The van der Waals surface area contributed by atoms with Crippen LogP contribution in [0.2, 0.25) is 0 Å². The zero-order valence-corrected chi connectivity index (χ0v) is 11.0. The van der Waals surface area contributed by atoms with Crippen molar-refractivity contribution in [2.45, 2.75) is 46.1 Å². The van der Waals surface area contributed by atoms with Crippen molar-refractivity contribution in [3.05, 3.63) is 24.2 Å². The van der Waals surface area contributed by atoms with Gasteiger partial charge < -0.3 is 9.73 Å². The molecule has 1 aromatic rings. The summed E-state index contributed by atoms with van der Waals surface area (Å²) in [5, 5.41) is 12.1. The van der Waals surface area contributed by atoms with E-state index in [1.165, 1.54) is 0 Å². The molecular formula is C14H22N2O. The lowest BCUT2D eigenvalue weighted by Gasteiger charge is -2.26. The van der Waals surface area contributed by atoms with E-state index in [0.29, 0.717) is 12.5 Å². The third-order valence-corrected chi connectivity index (χ3v) is 2.93. The molecule has 1 rings (SSSR count). The molecule has 0 aliphatic rings. The summed E-state index contributed by atoms with van der Waals surface area (Å²) in [6, 6.07) is 6.51. The van der Waals surface area contributed by atoms with Gasteiger partial charge in [0.15, 0.2) is 0 Å². The Morgan fingerprint density at radius 1 is 1.53 bits per heavy atom. The molecule has 1 N–H and O–H groups in total. The number of hydrogen-bond donors (Lipinski definition) is 1. The second-order valence-corrected chi connectivity index (χ2v) is 5.39. The number of hydrogen-bond acceptors (Lipinski definition) is 3. The molecule has 3 heteroatoms. The van der Waals surface area contributed by atoms with Crippen LogP contribution in [-0.2, 0) is 6.42 Å². The molecule has 1 unspecified atom stereocenters. The smallest absolute Gasteiger partial charge is 0.105 e. The van der Waals surface area contributed by atoms with E-state index in [4.69, 9.17) is 9.68 Å². The molecule has 0 saturated heterocycles. The van der Waals surface area contributed by atoms with E-state index in [1.807, 2.05) is 12.1 Å². The zero-order chi connectivity index (χ0) is 12.7. The average molecular weight is 234 g/mol. The molecule has 0 aliphatic carbocycles. The highest BCUT2D eigenvalue weighted by molar-refractivity contribution is 5.00. The summed E-state index contributed by atoms with van der Waals surface area (Å²) < 4.78 is 5.32. The SMILES string of the molecule is CC(Cc1ccco1)NCC(C)(C)CCC#N. The Labute approximate surface area is 104 Å². The van der Waals surface area contributed by atoms with Crippen LogP contribution in [0.4, 0.5) is 0 Å². The summed E-state index contributed by atoms with van der Waals surface area (Å²) in [7, 11) is 0. The van der Waals surface area contributed by atoms with Crippen LogP contribution in [0.25, 0.3) is 0 Å². The van der Waals surface area contributed by atoms with Crippen LogP contribution in [0.3, 0.4) is 0 Å². The highest BCUT2D eigenvalue weighted by Crippen LogP contribution is 2.21. The van der Waals surface area contributed by atoms with Gasteiger partial charge in [-0.05, 0) is 30.9 Å². The molecule has 0 amide bonds. The molecule has 1 heterocycles. The van der Waals surface area contributed by atoms with Gasteiger partial charge >= 0.3 is 0 Å². The van der Waals surface area contributed by atoms with Gasteiger partial charge in [-0.2, -0.15) is 5.26 Å². The number of furan rings is 1. The van der Waals surface area contributed by atoms with Crippen molar-refractivity contribution in [2.75, 3.05) is 6.54 Å². The maximum Gasteiger partial charge on any atom is 0.105 e. The van der Waals surface area contributed by atoms with Gasteiger partial charge in [-0.3, -0.25) is 0 Å². The first-order valence-electron chi connectivity index (χ1n) is 6.16. The van der Waals surface area contributed by atoms with Crippen LogP contribution < -0.4 is 5.32 Å². The fourth-order valence-corrected chi connectivity index (χ4v) is 1.74. The van der Waals surface area contributed by atoms with Crippen molar-refractivity contribution < 1.29 is 4.42 Å². The number of rotatable bonds is 7. The second-order valence-electron chi connectivity index (χ2n) is 5.39. The summed E-state index contributed by atoms with van der Waals surface area (Å²) in [5.41, 5.74) is 0.174. The molecule has 0 spiro atoms. The predicted molar refractivity (Wildman–Crippen MR) is 68.5 cm³/mol.